The first-order valence-corrected chi connectivity index (χ1v) is 7.11. The lowest BCUT2D eigenvalue weighted by molar-refractivity contribution is 0.105. The molecule has 0 aliphatic carbocycles. The number of aliphatic hydroxyl groups excluding tert-OH is 1. The molecule has 0 aromatic heterocycles. The fourth-order valence-corrected chi connectivity index (χ4v) is 2.90. The van der Waals surface area contributed by atoms with Gasteiger partial charge in [0.25, 0.3) is 0 Å². The molecule has 1 aliphatic rings. The number of hydrogen-bond acceptors (Lipinski definition) is 2. The predicted octanol–water partition coefficient (Wildman–Crippen LogP) is 3.21. The largest absolute Gasteiger partial charge is 0.387 e. The standard InChI is InChI=1S/C16H25NO/c1-4-15-6-5-9-17(15)11-16(18)14-8-7-12(2)13(3)10-14/h7-8,10,15-16,18H,4-6,9,11H2,1-3H3. The first-order chi connectivity index (χ1) is 8.61. The van der Waals surface area contributed by atoms with Crippen LogP contribution in [0, 0.1) is 13.8 Å². The van der Waals surface area contributed by atoms with Crippen molar-refractivity contribution in [1.82, 2.24) is 4.90 Å². The maximum atomic E-state index is 10.4. The second-order valence-corrected chi connectivity index (χ2v) is 5.56. The van der Waals surface area contributed by atoms with Crippen molar-refractivity contribution in [2.24, 2.45) is 0 Å². The monoisotopic (exact) mass is 247 g/mol. The number of hydrogen-bond donors (Lipinski definition) is 1. The Morgan fingerprint density at radius 1 is 1.33 bits per heavy atom. The number of nitrogens with zero attached hydrogens (tertiary/aromatic N) is 1. The fourth-order valence-electron chi connectivity index (χ4n) is 2.90. The molecule has 2 atom stereocenters. The SMILES string of the molecule is CCC1CCCN1CC(O)c1ccc(C)c(C)c1. The highest BCUT2D eigenvalue weighted by atomic mass is 16.3. The maximum Gasteiger partial charge on any atom is 0.0917 e. The highest BCUT2D eigenvalue weighted by Crippen LogP contribution is 2.24. The van der Waals surface area contributed by atoms with E-state index in [-0.39, 0.29) is 6.10 Å². The van der Waals surface area contributed by atoms with Crippen LogP contribution in [0.3, 0.4) is 0 Å². The number of aliphatic hydroxyl groups is 1. The molecule has 0 saturated carbocycles. The summed E-state index contributed by atoms with van der Waals surface area (Å²) in [5.41, 5.74) is 3.61. The van der Waals surface area contributed by atoms with Gasteiger partial charge in [0.2, 0.25) is 0 Å². The van der Waals surface area contributed by atoms with Gasteiger partial charge in [0, 0.05) is 12.6 Å². The van der Waals surface area contributed by atoms with Crippen LogP contribution in [0.5, 0.6) is 0 Å². The average Bonchev–Trinajstić information content (AvgIpc) is 2.79. The number of benzene rings is 1. The van der Waals surface area contributed by atoms with Gasteiger partial charge in [-0.05, 0) is 56.3 Å². The Morgan fingerprint density at radius 3 is 2.78 bits per heavy atom. The average molecular weight is 247 g/mol. The van der Waals surface area contributed by atoms with Gasteiger partial charge in [0.05, 0.1) is 6.10 Å². The van der Waals surface area contributed by atoms with Gasteiger partial charge in [0.15, 0.2) is 0 Å². The summed E-state index contributed by atoms with van der Waals surface area (Å²) >= 11 is 0. The minimum Gasteiger partial charge on any atom is -0.387 e. The molecule has 1 heterocycles. The first-order valence-electron chi connectivity index (χ1n) is 7.11. The van der Waals surface area contributed by atoms with E-state index in [1.807, 2.05) is 0 Å². The zero-order valence-corrected chi connectivity index (χ0v) is 11.8. The lowest BCUT2D eigenvalue weighted by Gasteiger charge is -2.26. The zero-order chi connectivity index (χ0) is 13.1. The second kappa shape index (κ2) is 5.85. The lowest BCUT2D eigenvalue weighted by Crippen LogP contribution is -2.32. The van der Waals surface area contributed by atoms with Crippen molar-refractivity contribution in [3.8, 4) is 0 Å². The van der Waals surface area contributed by atoms with Gasteiger partial charge in [-0.2, -0.15) is 0 Å². The quantitative estimate of drug-likeness (QED) is 0.883. The maximum absolute atomic E-state index is 10.4. The topological polar surface area (TPSA) is 23.5 Å². The Labute approximate surface area is 111 Å². The van der Waals surface area contributed by atoms with E-state index >= 15 is 0 Å². The third kappa shape index (κ3) is 2.93. The smallest absolute Gasteiger partial charge is 0.0917 e. The molecule has 2 heteroatoms. The summed E-state index contributed by atoms with van der Waals surface area (Å²) in [5, 5.41) is 10.4. The molecular formula is C16H25NO. The molecule has 2 unspecified atom stereocenters. The van der Waals surface area contributed by atoms with Crippen LogP contribution in [-0.4, -0.2) is 29.1 Å². The second-order valence-electron chi connectivity index (χ2n) is 5.56. The normalized spacial score (nSPS) is 22.3. The molecule has 0 spiro atoms. The van der Waals surface area contributed by atoms with E-state index in [4.69, 9.17) is 0 Å². The van der Waals surface area contributed by atoms with Crippen molar-refractivity contribution in [1.29, 1.82) is 0 Å². The molecule has 1 N–H and O–H groups in total. The molecule has 1 saturated heterocycles. The van der Waals surface area contributed by atoms with E-state index in [0.717, 1.165) is 18.7 Å². The van der Waals surface area contributed by atoms with Crippen LogP contribution in [0.15, 0.2) is 18.2 Å². The molecule has 0 radical (unpaired) electrons. The molecule has 1 aromatic carbocycles. The van der Waals surface area contributed by atoms with E-state index < -0.39 is 0 Å². The van der Waals surface area contributed by atoms with Crippen molar-refractivity contribution < 1.29 is 5.11 Å². The van der Waals surface area contributed by atoms with E-state index in [1.54, 1.807) is 0 Å². The van der Waals surface area contributed by atoms with Gasteiger partial charge in [-0.15, -0.1) is 0 Å². The fraction of sp³-hybridized carbons (Fsp3) is 0.625. The molecule has 100 valence electrons. The molecule has 0 amide bonds. The Balaban J connectivity index is 2.02. The van der Waals surface area contributed by atoms with Crippen LogP contribution >= 0.6 is 0 Å². The highest BCUT2D eigenvalue weighted by molar-refractivity contribution is 5.31. The van der Waals surface area contributed by atoms with Gasteiger partial charge in [-0.25, -0.2) is 0 Å². The molecule has 18 heavy (non-hydrogen) atoms. The minimum atomic E-state index is -0.351. The minimum absolute atomic E-state index is 0.351. The molecule has 1 fully saturated rings. The summed E-state index contributed by atoms with van der Waals surface area (Å²) in [7, 11) is 0. The zero-order valence-electron chi connectivity index (χ0n) is 11.8. The van der Waals surface area contributed by atoms with Crippen LogP contribution in [0.4, 0.5) is 0 Å². The van der Waals surface area contributed by atoms with E-state index in [1.165, 1.54) is 30.4 Å². The third-order valence-electron chi connectivity index (χ3n) is 4.29. The summed E-state index contributed by atoms with van der Waals surface area (Å²) in [6.07, 6.45) is 3.41. The summed E-state index contributed by atoms with van der Waals surface area (Å²) in [6.45, 7) is 8.38. The molecular weight excluding hydrogens is 222 g/mol. The van der Waals surface area contributed by atoms with Crippen molar-refractivity contribution in [3.05, 3.63) is 34.9 Å². The first kappa shape index (κ1) is 13.6. The van der Waals surface area contributed by atoms with Gasteiger partial charge < -0.3 is 5.11 Å². The van der Waals surface area contributed by atoms with Crippen molar-refractivity contribution in [2.75, 3.05) is 13.1 Å². The molecule has 1 aromatic rings. The summed E-state index contributed by atoms with van der Waals surface area (Å²) in [6, 6.07) is 6.96. The highest BCUT2D eigenvalue weighted by Gasteiger charge is 2.25. The number of likely N-dealkylation sites (tertiary alicyclic amines) is 1. The third-order valence-corrected chi connectivity index (χ3v) is 4.29. The Bertz CT molecular complexity index is 402. The Morgan fingerprint density at radius 2 is 2.11 bits per heavy atom. The van der Waals surface area contributed by atoms with E-state index in [2.05, 4.69) is 43.9 Å². The van der Waals surface area contributed by atoms with Gasteiger partial charge in [-0.1, -0.05) is 25.1 Å². The van der Waals surface area contributed by atoms with Gasteiger partial charge in [0.1, 0.15) is 0 Å². The van der Waals surface area contributed by atoms with Crippen LogP contribution < -0.4 is 0 Å². The Kier molecular flexibility index (Phi) is 4.41. The van der Waals surface area contributed by atoms with Gasteiger partial charge >= 0.3 is 0 Å². The van der Waals surface area contributed by atoms with Crippen molar-refractivity contribution >= 4 is 0 Å². The molecule has 2 nitrogen and oxygen atoms in total. The van der Waals surface area contributed by atoms with Crippen LogP contribution in [0.1, 0.15) is 49.0 Å². The molecule has 2 rings (SSSR count). The number of rotatable bonds is 4. The molecule has 1 aliphatic heterocycles. The number of aryl methyl sites for hydroxylation is 2. The van der Waals surface area contributed by atoms with Crippen LogP contribution in [0.2, 0.25) is 0 Å². The lowest BCUT2D eigenvalue weighted by atomic mass is 10.0. The molecule has 0 bridgehead atoms. The van der Waals surface area contributed by atoms with Crippen LogP contribution in [-0.2, 0) is 0 Å². The Hall–Kier alpha value is -0.860. The summed E-state index contributed by atoms with van der Waals surface area (Å²) in [4.78, 5) is 2.44. The van der Waals surface area contributed by atoms with Gasteiger partial charge in [-0.3, -0.25) is 4.90 Å². The summed E-state index contributed by atoms with van der Waals surface area (Å²) < 4.78 is 0. The predicted molar refractivity (Wildman–Crippen MR) is 75.8 cm³/mol. The van der Waals surface area contributed by atoms with Crippen molar-refractivity contribution in [3.63, 3.8) is 0 Å². The van der Waals surface area contributed by atoms with Crippen LogP contribution in [0.25, 0.3) is 0 Å². The van der Waals surface area contributed by atoms with E-state index in [9.17, 15) is 5.11 Å². The van der Waals surface area contributed by atoms with Crippen molar-refractivity contribution in [2.45, 2.75) is 52.2 Å². The number of β-amino-alcohol motifs (C(OH)–C–C–N with tert-alkyl or cyclic N) is 1. The van der Waals surface area contributed by atoms with E-state index in [0.29, 0.717) is 6.04 Å². The summed E-state index contributed by atoms with van der Waals surface area (Å²) in [5.74, 6) is 0.